The molecule has 0 saturated heterocycles. The summed E-state index contributed by atoms with van der Waals surface area (Å²) in [7, 11) is 0. The maximum atomic E-state index is 13.4. The molecule has 3 aromatic carbocycles. The third kappa shape index (κ3) is 6.22. The minimum atomic E-state index is -0.833. The summed E-state index contributed by atoms with van der Waals surface area (Å²) in [6, 6.07) is 19.0. The molecule has 1 amide bonds. The molecule has 0 radical (unpaired) electrons. The number of nitrogens with zero attached hydrogens (tertiary/aromatic N) is 1. The number of hydrogen-bond donors (Lipinski definition) is 2. The highest BCUT2D eigenvalue weighted by molar-refractivity contribution is 6.03. The summed E-state index contributed by atoms with van der Waals surface area (Å²) in [5, 5.41) is 15.1. The van der Waals surface area contributed by atoms with Crippen LogP contribution in [-0.2, 0) is 20.7 Å². The molecular weight excluding hydrogens is 428 g/mol. The highest BCUT2D eigenvalue weighted by Crippen LogP contribution is 2.27. The Bertz CT molecular complexity index is 1170. The fourth-order valence-corrected chi connectivity index (χ4v) is 3.79. The van der Waals surface area contributed by atoms with Gasteiger partial charge in [0.2, 0.25) is 5.91 Å². The number of amides is 1. The molecule has 178 valence electrons. The number of hydrogen-bond acceptors (Lipinski definition) is 5. The van der Waals surface area contributed by atoms with E-state index in [1.807, 2.05) is 81.4 Å². The van der Waals surface area contributed by atoms with Gasteiger partial charge in [0.15, 0.2) is 0 Å². The van der Waals surface area contributed by atoms with E-state index in [9.17, 15) is 14.7 Å². The van der Waals surface area contributed by atoms with E-state index in [1.54, 1.807) is 19.2 Å². The Kier molecular flexibility index (Phi) is 8.05. The van der Waals surface area contributed by atoms with Crippen LogP contribution >= 0.6 is 0 Å². The summed E-state index contributed by atoms with van der Waals surface area (Å²) in [6.45, 7) is 7.69. The molecule has 3 aromatic rings. The summed E-state index contributed by atoms with van der Waals surface area (Å²) in [6.07, 6.45) is 1.86. The normalized spacial score (nSPS) is 13.5. The van der Waals surface area contributed by atoms with E-state index in [2.05, 4.69) is 10.3 Å². The lowest BCUT2D eigenvalue weighted by Gasteiger charge is -2.28. The molecule has 0 aromatic heterocycles. The largest absolute Gasteiger partial charge is 0.507 e. The smallest absolute Gasteiger partial charge is 0.328 e. The Morgan fingerprint density at radius 2 is 1.71 bits per heavy atom. The van der Waals surface area contributed by atoms with Crippen LogP contribution < -0.4 is 5.32 Å². The van der Waals surface area contributed by atoms with Crippen molar-refractivity contribution in [2.45, 2.75) is 46.2 Å². The second kappa shape index (κ2) is 11.0. The van der Waals surface area contributed by atoms with E-state index in [0.29, 0.717) is 12.0 Å². The van der Waals surface area contributed by atoms with E-state index in [0.717, 1.165) is 16.3 Å². The second-order valence-electron chi connectivity index (χ2n) is 9.27. The average Bonchev–Trinajstić information content (AvgIpc) is 2.80. The van der Waals surface area contributed by atoms with Crippen LogP contribution in [0, 0.1) is 5.41 Å². The average molecular weight is 461 g/mol. The predicted octanol–water partition coefficient (Wildman–Crippen LogP) is 4.67. The fourth-order valence-electron chi connectivity index (χ4n) is 3.79. The molecule has 0 aliphatic heterocycles. The van der Waals surface area contributed by atoms with Crippen molar-refractivity contribution in [3.05, 3.63) is 77.9 Å². The van der Waals surface area contributed by atoms with Crippen LogP contribution in [-0.4, -0.2) is 41.9 Å². The molecule has 0 bridgehead atoms. The summed E-state index contributed by atoms with van der Waals surface area (Å²) < 4.78 is 5.21. The second-order valence-corrected chi connectivity index (χ2v) is 9.27. The number of phenolic OH excluding ortho intramolecular Hbond substituents is 1. The van der Waals surface area contributed by atoms with Gasteiger partial charge in [-0.25, -0.2) is 4.79 Å². The lowest BCUT2D eigenvalue weighted by atomic mass is 9.86. The maximum Gasteiger partial charge on any atom is 0.328 e. The molecular formula is C28H32N2O4. The van der Waals surface area contributed by atoms with E-state index in [4.69, 9.17) is 4.74 Å². The van der Waals surface area contributed by atoms with Crippen LogP contribution in [0.1, 0.15) is 38.8 Å². The number of rotatable bonds is 8. The van der Waals surface area contributed by atoms with Crippen molar-refractivity contribution in [1.29, 1.82) is 0 Å². The number of aliphatic imine (C=N–C) groups is 1. The molecule has 0 aliphatic carbocycles. The van der Waals surface area contributed by atoms with Gasteiger partial charge in [0.25, 0.3) is 0 Å². The van der Waals surface area contributed by atoms with Gasteiger partial charge in [-0.15, -0.1) is 0 Å². The minimum Gasteiger partial charge on any atom is -0.507 e. The molecule has 3 rings (SSSR count). The van der Waals surface area contributed by atoms with Crippen LogP contribution in [0.5, 0.6) is 5.75 Å². The standard InChI is InChI=1S/C28H32N2O4/c1-5-34-27(33)23(17-19-11-7-6-8-12-19)30-26(32)25(28(2,3)4)29-18-22-21-14-10-9-13-20(21)15-16-24(22)31/h6-16,18,23,25,31H,5,17H2,1-4H3,(H,30,32)/t23-,25+/m0/s1. The van der Waals surface area contributed by atoms with Gasteiger partial charge >= 0.3 is 5.97 Å². The molecule has 6 heteroatoms. The van der Waals surface area contributed by atoms with Crippen molar-refractivity contribution < 1.29 is 19.4 Å². The van der Waals surface area contributed by atoms with E-state index >= 15 is 0 Å². The first-order chi connectivity index (χ1) is 16.2. The van der Waals surface area contributed by atoms with Gasteiger partial charge in [-0.2, -0.15) is 0 Å². The number of nitrogens with one attached hydrogen (secondary N) is 1. The lowest BCUT2D eigenvalue weighted by molar-refractivity contribution is -0.147. The monoisotopic (exact) mass is 460 g/mol. The van der Waals surface area contributed by atoms with Crippen LogP contribution in [0.3, 0.4) is 0 Å². The first-order valence-electron chi connectivity index (χ1n) is 11.5. The maximum absolute atomic E-state index is 13.4. The summed E-state index contributed by atoms with van der Waals surface area (Å²) in [4.78, 5) is 30.6. The van der Waals surface area contributed by atoms with Gasteiger partial charge in [-0.1, -0.05) is 81.4 Å². The number of carbonyl (C=O) groups excluding carboxylic acids is 2. The van der Waals surface area contributed by atoms with Gasteiger partial charge < -0.3 is 15.2 Å². The van der Waals surface area contributed by atoms with Crippen LogP contribution in [0.4, 0.5) is 0 Å². The molecule has 0 unspecified atom stereocenters. The number of benzene rings is 3. The third-order valence-corrected chi connectivity index (χ3v) is 5.54. The third-order valence-electron chi connectivity index (χ3n) is 5.54. The van der Waals surface area contributed by atoms with Crippen molar-refractivity contribution in [2.75, 3.05) is 6.61 Å². The zero-order chi connectivity index (χ0) is 24.7. The molecule has 0 fully saturated rings. The van der Waals surface area contributed by atoms with Crippen LogP contribution in [0.25, 0.3) is 10.8 Å². The quantitative estimate of drug-likeness (QED) is 0.378. The number of carbonyl (C=O) groups is 2. The Morgan fingerprint density at radius 1 is 1.03 bits per heavy atom. The van der Waals surface area contributed by atoms with Gasteiger partial charge in [-0.05, 0) is 34.7 Å². The number of esters is 1. The van der Waals surface area contributed by atoms with Crippen LogP contribution in [0.2, 0.25) is 0 Å². The van der Waals surface area contributed by atoms with Gasteiger partial charge in [0, 0.05) is 18.2 Å². The van der Waals surface area contributed by atoms with Crippen molar-refractivity contribution in [1.82, 2.24) is 5.32 Å². The van der Waals surface area contributed by atoms with Gasteiger partial charge in [-0.3, -0.25) is 9.79 Å². The molecule has 0 saturated carbocycles. The minimum absolute atomic E-state index is 0.0870. The molecule has 2 atom stereocenters. The first kappa shape index (κ1) is 25.0. The topological polar surface area (TPSA) is 88.0 Å². The molecule has 0 aliphatic rings. The Hall–Kier alpha value is -3.67. The summed E-state index contributed by atoms with van der Waals surface area (Å²) in [5.41, 5.74) is 0.927. The Labute approximate surface area is 200 Å². The Morgan fingerprint density at radius 3 is 2.38 bits per heavy atom. The molecule has 34 heavy (non-hydrogen) atoms. The van der Waals surface area contributed by atoms with Gasteiger partial charge in [0.05, 0.1) is 6.61 Å². The zero-order valence-corrected chi connectivity index (χ0v) is 20.1. The Balaban J connectivity index is 1.89. The molecule has 0 spiro atoms. The van der Waals surface area contributed by atoms with E-state index in [-0.39, 0.29) is 18.3 Å². The lowest BCUT2D eigenvalue weighted by Crippen LogP contribution is -2.50. The van der Waals surface area contributed by atoms with Crippen molar-refractivity contribution in [3.8, 4) is 5.75 Å². The number of aromatic hydroxyl groups is 1. The molecule has 6 nitrogen and oxygen atoms in total. The van der Waals surface area contributed by atoms with Crippen molar-refractivity contribution in [2.24, 2.45) is 10.4 Å². The van der Waals surface area contributed by atoms with Crippen molar-refractivity contribution >= 4 is 28.9 Å². The zero-order valence-electron chi connectivity index (χ0n) is 20.1. The van der Waals surface area contributed by atoms with E-state index in [1.165, 1.54) is 0 Å². The highest BCUT2D eigenvalue weighted by Gasteiger charge is 2.33. The highest BCUT2D eigenvalue weighted by atomic mass is 16.5. The first-order valence-corrected chi connectivity index (χ1v) is 11.5. The van der Waals surface area contributed by atoms with Gasteiger partial charge in [0.1, 0.15) is 17.8 Å². The van der Waals surface area contributed by atoms with Crippen LogP contribution in [0.15, 0.2) is 71.7 Å². The fraction of sp³-hybridized carbons (Fsp3) is 0.321. The number of phenols is 1. The summed E-state index contributed by atoms with van der Waals surface area (Å²) >= 11 is 0. The number of fused-ring (bicyclic) bond motifs is 1. The SMILES string of the molecule is CCOC(=O)[C@H](Cc1ccccc1)NC(=O)[C@@H](N=Cc1c(O)ccc2ccccc12)C(C)(C)C. The van der Waals surface area contributed by atoms with Crippen molar-refractivity contribution in [3.63, 3.8) is 0 Å². The molecule has 2 N–H and O–H groups in total. The molecule has 0 heterocycles. The summed E-state index contributed by atoms with van der Waals surface area (Å²) in [5.74, 6) is -0.774. The van der Waals surface area contributed by atoms with E-state index < -0.39 is 23.5 Å². The predicted molar refractivity (Wildman–Crippen MR) is 135 cm³/mol. The number of ether oxygens (including phenoxy) is 1.